The monoisotopic (exact) mass is 220 g/mol. The number of rotatable bonds is 4. The first-order valence-corrected chi connectivity index (χ1v) is 3.75. The van der Waals surface area contributed by atoms with Crippen LogP contribution in [0, 0.1) is 0 Å². The third-order valence-electron chi connectivity index (χ3n) is 1.94. The highest BCUT2D eigenvalue weighted by Gasteiger charge is 2.57. The van der Waals surface area contributed by atoms with E-state index in [1.807, 2.05) is 0 Å². The second kappa shape index (κ2) is 4.23. The van der Waals surface area contributed by atoms with Crippen molar-refractivity contribution in [2.75, 3.05) is 13.3 Å². The van der Waals surface area contributed by atoms with Gasteiger partial charge in [-0.15, -0.1) is 0 Å². The van der Waals surface area contributed by atoms with E-state index >= 15 is 0 Å². The lowest BCUT2D eigenvalue weighted by Crippen LogP contribution is -2.43. The summed E-state index contributed by atoms with van der Waals surface area (Å²) < 4.78 is 74.0. The van der Waals surface area contributed by atoms with Gasteiger partial charge in [0.25, 0.3) is 0 Å². The molecule has 0 saturated heterocycles. The summed E-state index contributed by atoms with van der Waals surface area (Å²) in [6, 6.07) is 0. The SMILES string of the molecule is C/C(CF)=C(\C)C(F)(F)C(F)(F)CF. The van der Waals surface area contributed by atoms with Crippen molar-refractivity contribution in [3.05, 3.63) is 11.1 Å². The molecule has 0 aliphatic carbocycles. The molecule has 0 aliphatic heterocycles. The van der Waals surface area contributed by atoms with E-state index in [0.717, 1.165) is 6.92 Å². The summed E-state index contributed by atoms with van der Waals surface area (Å²) in [5, 5.41) is 0. The molecule has 0 aromatic heterocycles. The van der Waals surface area contributed by atoms with Gasteiger partial charge in [0.1, 0.15) is 6.67 Å². The fraction of sp³-hybridized carbons (Fsp3) is 0.750. The van der Waals surface area contributed by atoms with Crippen molar-refractivity contribution in [1.82, 2.24) is 0 Å². The highest BCUT2D eigenvalue weighted by atomic mass is 19.3. The van der Waals surface area contributed by atoms with E-state index in [2.05, 4.69) is 0 Å². The maximum Gasteiger partial charge on any atom is 0.341 e. The van der Waals surface area contributed by atoms with Crippen LogP contribution in [0.2, 0.25) is 0 Å². The van der Waals surface area contributed by atoms with E-state index in [4.69, 9.17) is 0 Å². The average molecular weight is 220 g/mol. The summed E-state index contributed by atoms with van der Waals surface area (Å²) in [4.78, 5) is 0. The first-order valence-electron chi connectivity index (χ1n) is 3.75. The molecule has 0 rings (SSSR count). The number of hydrogen-bond donors (Lipinski definition) is 0. The molecular weight excluding hydrogens is 210 g/mol. The Morgan fingerprint density at radius 3 is 1.71 bits per heavy atom. The highest BCUT2D eigenvalue weighted by Crippen LogP contribution is 2.41. The highest BCUT2D eigenvalue weighted by molar-refractivity contribution is 5.21. The predicted octanol–water partition coefficient (Wildman–Crippen LogP) is 3.53. The second-order valence-corrected chi connectivity index (χ2v) is 2.95. The van der Waals surface area contributed by atoms with Gasteiger partial charge in [-0.1, -0.05) is 0 Å². The van der Waals surface area contributed by atoms with Crippen molar-refractivity contribution in [3.63, 3.8) is 0 Å². The van der Waals surface area contributed by atoms with Crippen molar-refractivity contribution in [3.8, 4) is 0 Å². The van der Waals surface area contributed by atoms with Gasteiger partial charge in [-0.3, -0.25) is 0 Å². The smallest absolute Gasteiger partial charge is 0.246 e. The lowest BCUT2D eigenvalue weighted by Gasteiger charge is -2.25. The molecule has 0 unspecified atom stereocenters. The van der Waals surface area contributed by atoms with Gasteiger partial charge in [-0.25, -0.2) is 8.78 Å². The first-order chi connectivity index (χ1) is 6.20. The summed E-state index contributed by atoms with van der Waals surface area (Å²) in [5.41, 5.74) is -1.63. The van der Waals surface area contributed by atoms with E-state index < -0.39 is 36.3 Å². The first kappa shape index (κ1) is 13.3. The van der Waals surface area contributed by atoms with Crippen molar-refractivity contribution < 1.29 is 26.3 Å². The molecule has 0 aliphatic rings. The molecule has 0 heterocycles. The van der Waals surface area contributed by atoms with E-state index in [-0.39, 0.29) is 0 Å². The Labute approximate surface area is 77.6 Å². The Kier molecular flexibility index (Phi) is 4.02. The normalized spacial score (nSPS) is 15.4. The number of hydrogen-bond acceptors (Lipinski definition) is 0. The minimum Gasteiger partial charge on any atom is -0.246 e. The standard InChI is InChI=1S/C8H10F6/c1-5(3-9)6(2)8(13,14)7(11,12)4-10/h3-4H2,1-2H3/b6-5-. The van der Waals surface area contributed by atoms with Crippen LogP contribution in [-0.4, -0.2) is 25.2 Å². The molecule has 0 atom stereocenters. The molecule has 0 bridgehead atoms. The molecular formula is C8H10F6. The van der Waals surface area contributed by atoms with Gasteiger partial charge in [0.15, 0.2) is 6.67 Å². The van der Waals surface area contributed by atoms with Gasteiger partial charge in [-0.2, -0.15) is 17.6 Å². The summed E-state index contributed by atoms with van der Waals surface area (Å²) in [7, 11) is 0. The molecule has 0 N–H and O–H groups in total. The van der Waals surface area contributed by atoms with Gasteiger partial charge >= 0.3 is 11.8 Å². The zero-order valence-electron chi connectivity index (χ0n) is 7.68. The van der Waals surface area contributed by atoms with Crippen LogP contribution in [0.4, 0.5) is 26.3 Å². The zero-order valence-corrected chi connectivity index (χ0v) is 7.68. The van der Waals surface area contributed by atoms with Crippen LogP contribution in [0.15, 0.2) is 11.1 Å². The Balaban J connectivity index is 5.15. The van der Waals surface area contributed by atoms with Gasteiger partial charge in [-0.05, 0) is 19.4 Å². The number of alkyl halides is 6. The molecule has 0 saturated carbocycles. The third-order valence-corrected chi connectivity index (χ3v) is 1.94. The van der Waals surface area contributed by atoms with Crippen LogP contribution in [0.5, 0.6) is 0 Å². The van der Waals surface area contributed by atoms with E-state index in [1.165, 1.54) is 0 Å². The summed E-state index contributed by atoms with van der Waals surface area (Å²) in [6.07, 6.45) is 0. The summed E-state index contributed by atoms with van der Waals surface area (Å²) >= 11 is 0. The Hall–Kier alpha value is -0.680. The Morgan fingerprint density at radius 1 is 1.00 bits per heavy atom. The molecule has 0 radical (unpaired) electrons. The van der Waals surface area contributed by atoms with Crippen LogP contribution in [0.25, 0.3) is 0 Å². The zero-order chi connectivity index (χ0) is 11.6. The summed E-state index contributed by atoms with van der Waals surface area (Å²) in [5.74, 6) is -9.43. The lowest BCUT2D eigenvalue weighted by atomic mass is 10.0. The van der Waals surface area contributed by atoms with Crippen molar-refractivity contribution in [2.24, 2.45) is 0 Å². The molecule has 0 nitrogen and oxygen atoms in total. The van der Waals surface area contributed by atoms with Crippen LogP contribution in [-0.2, 0) is 0 Å². The fourth-order valence-electron chi connectivity index (χ4n) is 0.726. The lowest BCUT2D eigenvalue weighted by molar-refractivity contribution is -0.193. The second-order valence-electron chi connectivity index (χ2n) is 2.95. The van der Waals surface area contributed by atoms with Crippen molar-refractivity contribution in [1.29, 1.82) is 0 Å². The molecule has 14 heavy (non-hydrogen) atoms. The topological polar surface area (TPSA) is 0 Å². The predicted molar refractivity (Wildman–Crippen MR) is 40.2 cm³/mol. The van der Waals surface area contributed by atoms with Gasteiger partial charge in [0, 0.05) is 5.57 Å². The van der Waals surface area contributed by atoms with Crippen LogP contribution in [0.1, 0.15) is 13.8 Å². The molecule has 6 heteroatoms. The van der Waals surface area contributed by atoms with Gasteiger partial charge < -0.3 is 0 Å². The maximum atomic E-state index is 12.8. The number of halogens is 6. The van der Waals surface area contributed by atoms with Crippen LogP contribution >= 0.6 is 0 Å². The fourth-order valence-corrected chi connectivity index (χ4v) is 0.726. The van der Waals surface area contributed by atoms with E-state index in [1.54, 1.807) is 0 Å². The third kappa shape index (κ3) is 2.22. The minimum atomic E-state index is -4.78. The van der Waals surface area contributed by atoms with Gasteiger partial charge in [0.2, 0.25) is 0 Å². The van der Waals surface area contributed by atoms with Crippen LogP contribution in [0.3, 0.4) is 0 Å². The van der Waals surface area contributed by atoms with Gasteiger partial charge in [0.05, 0.1) is 0 Å². The molecule has 84 valence electrons. The molecule has 0 spiro atoms. The maximum absolute atomic E-state index is 12.8. The summed E-state index contributed by atoms with van der Waals surface area (Å²) in [6.45, 7) is -2.11. The molecule has 0 amide bonds. The number of allylic oxidation sites excluding steroid dienone is 2. The van der Waals surface area contributed by atoms with E-state index in [9.17, 15) is 26.3 Å². The molecule has 0 fully saturated rings. The van der Waals surface area contributed by atoms with Crippen LogP contribution < -0.4 is 0 Å². The molecule has 0 aromatic carbocycles. The average Bonchev–Trinajstić information content (AvgIpc) is 2.14. The van der Waals surface area contributed by atoms with Crippen molar-refractivity contribution in [2.45, 2.75) is 25.7 Å². The minimum absolute atomic E-state index is 0.511. The van der Waals surface area contributed by atoms with E-state index in [0.29, 0.717) is 6.92 Å². The quantitative estimate of drug-likeness (QED) is 0.502. The molecule has 0 aromatic rings. The van der Waals surface area contributed by atoms with Crippen molar-refractivity contribution >= 4 is 0 Å². The Morgan fingerprint density at radius 2 is 1.43 bits per heavy atom. The largest absolute Gasteiger partial charge is 0.341 e. The Bertz CT molecular complexity index is 230.